The van der Waals surface area contributed by atoms with Crippen LogP contribution in [0.25, 0.3) is 22.3 Å². The van der Waals surface area contributed by atoms with Crippen molar-refractivity contribution in [2.75, 3.05) is 4.90 Å². The maximum absolute atomic E-state index is 2.38. The van der Waals surface area contributed by atoms with Crippen LogP contribution in [0.2, 0.25) is 0 Å². The minimum Gasteiger partial charge on any atom is -0.310 e. The average Bonchev–Trinajstić information content (AvgIpc) is 3.12. The van der Waals surface area contributed by atoms with Gasteiger partial charge in [-0.1, -0.05) is 105 Å². The first-order valence-electron chi connectivity index (χ1n) is 11.9. The first kappa shape index (κ1) is 20.5. The topological polar surface area (TPSA) is 3.24 Å². The number of para-hydroxylation sites is 1. The number of fused-ring (bicyclic) bond motifs is 3. The van der Waals surface area contributed by atoms with Crippen molar-refractivity contribution in [2.24, 2.45) is 0 Å². The summed E-state index contributed by atoms with van der Waals surface area (Å²) < 4.78 is 0. The summed E-state index contributed by atoms with van der Waals surface area (Å²) in [7, 11) is 0. The highest BCUT2D eigenvalue weighted by Crippen LogP contribution is 2.50. The van der Waals surface area contributed by atoms with E-state index in [2.05, 4.69) is 146 Å². The molecule has 164 valence electrons. The molecule has 0 aromatic heterocycles. The first-order valence-corrected chi connectivity index (χ1v) is 11.9. The summed E-state index contributed by atoms with van der Waals surface area (Å²) in [4.78, 5) is 2.36. The zero-order valence-corrected chi connectivity index (χ0v) is 19.6. The van der Waals surface area contributed by atoms with Crippen LogP contribution in [-0.2, 0) is 5.41 Å². The highest BCUT2D eigenvalue weighted by atomic mass is 15.1. The van der Waals surface area contributed by atoms with Crippen LogP contribution in [0.4, 0.5) is 17.1 Å². The molecule has 0 N–H and O–H groups in total. The predicted molar refractivity (Wildman–Crippen MR) is 144 cm³/mol. The Balaban J connectivity index is 1.47. The van der Waals surface area contributed by atoms with Crippen LogP contribution in [0.3, 0.4) is 0 Å². The van der Waals surface area contributed by atoms with Gasteiger partial charge < -0.3 is 4.90 Å². The third kappa shape index (κ3) is 3.33. The Morgan fingerprint density at radius 1 is 0.441 bits per heavy atom. The highest BCUT2D eigenvalue weighted by molar-refractivity contribution is 5.85. The number of hydrogen-bond donors (Lipinski definition) is 0. The van der Waals surface area contributed by atoms with Crippen LogP contribution >= 0.6 is 0 Å². The van der Waals surface area contributed by atoms with E-state index in [1.165, 1.54) is 39.1 Å². The van der Waals surface area contributed by atoms with Crippen LogP contribution < -0.4 is 4.90 Å². The van der Waals surface area contributed by atoms with Crippen LogP contribution in [0.1, 0.15) is 25.0 Å². The standard InChI is InChI=1S/C33H27N/c1-33(2)31-16-10-9-15-29(31)30-22-21-28(23-32(30)33)34(26-13-7-4-8-14-26)27-19-17-25(18-20-27)24-11-5-3-6-12-24/h3-23H,1-2H3. The second kappa shape index (κ2) is 8.04. The Bertz CT molecular complexity index is 1450. The van der Waals surface area contributed by atoms with Gasteiger partial charge in [-0.25, -0.2) is 0 Å². The molecule has 0 aliphatic heterocycles. The number of nitrogens with zero attached hydrogens (tertiary/aromatic N) is 1. The summed E-state index contributed by atoms with van der Waals surface area (Å²) in [6, 6.07) is 45.8. The fourth-order valence-electron chi connectivity index (χ4n) is 5.29. The molecule has 0 heterocycles. The molecule has 1 heteroatoms. The SMILES string of the molecule is CC1(C)c2ccccc2-c2ccc(N(c3ccccc3)c3ccc(-c4ccccc4)cc3)cc21. The molecule has 1 aliphatic carbocycles. The van der Waals surface area contributed by atoms with Crippen molar-refractivity contribution in [3.63, 3.8) is 0 Å². The largest absolute Gasteiger partial charge is 0.310 e. The Kier molecular flexibility index (Phi) is 4.85. The molecule has 0 radical (unpaired) electrons. The lowest BCUT2D eigenvalue weighted by molar-refractivity contribution is 0.660. The van der Waals surface area contributed by atoms with Crippen molar-refractivity contribution in [1.29, 1.82) is 0 Å². The third-order valence-electron chi connectivity index (χ3n) is 7.07. The van der Waals surface area contributed by atoms with Crippen molar-refractivity contribution >= 4 is 17.1 Å². The van der Waals surface area contributed by atoms with Crippen molar-refractivity contribution in [1.82, 2.24) is 0 Å². The van der Waals surface area contributed by atoms with Crippen molar-refractivity contribution in [3.8, 4) is 22.3 Å². The van der Waals surface area contributed by atoms with E-state index >= 15 is 0 Å². The van der Waals surface area contributed by atoms with E-state index in [1.807, 2.05) is 0 Å². The molecule has 0 spiro atoms. The normalized spacial score (nSPS) is 13.2. The second-order valence-electron chi connectivity index (χ2n) is 9.48. The van der Waals surface area contributed by atoms with E-state index in [4.69, 9.17) is 0 Å². The van der Waals surface area contributed by atoms with Gasteiger partial charge in [0.1, 0.15) is 0 Å². The summed E-state index contributed by atoms with van der Waals surface area (Å²) in [5.41, 5.74) is 11.4. The van der Waals surface area contributed by atoms with Crippen molar-refractivity contribution in [3.05, 3.63) is 139 Å². The molecule has 0 saturated heterocycles. The quantitative estimate of drug-likeness (QED) is 0.271. The van der Waals surface area contributed by atoms with Crippen LogP contribution in [-0.4, -0.2) is 0 Å². The fourth-order valence-corrected chi connectivity index (χ4v) is 5.29. The van der Waals surface area contributed by atoms with Gasteiger partial charge in [-0.15, -0.1) is 0 Å². The lowest BCUT2D eigenvalue weighted by atomic mass is 9.82. The Hall–Kier alpha value is -4.10. The number of benzene rings is 5. The van der Waals surface area contributed by atoms with Gasteiger partial charge in [-0.05, 0) is 69.8 Å². The number of rotatable bonds is 4. The molecule has 0 saturated carbocycles. The van der Waals surface area contributed by atoms with Gasteiger partial charge in [0.25, 0.3) is 0 Å². The lowest BCUT2D eigenvalue weighted by Crippen LogP contribution is -2.16. The Labute approximate surface area is 202 Å². The summed E-state index contributed by atoms with van der Waals surface area (Å²) >= 11 is 0. The van der Waals surface area contributed by atoms with E-state index in [9.17, 15) is 0 Å². The van der Waals surface area contributed by atoms with Crippen molar-refractivity contribution in [2.45, 2.75) is 19.3 Å². The fraction of sp³-hybridized carbons (Fsp3) is 0.0909. The molecule has 0 amide bonds. The molecule has 5 aromatic rings. The van der Waals surface area contributed by atoms with Gasteiger partial charge >= 0.3 is 0 Å². The van der Waals surface area contributed by atoms with E-state index in [-0.39, 0.29) is 5.41 Å². The third-order valence-corrected chi connectivity index (χ3v) is 7.07. The maximum Gasteiger partial charge on any atom is 0.0465 e. The zero-order valence-electron chi connectivity index (χ0n) is 19.6. The van der Waals surface area contributed by atoms with Gasteiger partial charge in [-0.3, -0.25) is 0 Å². The van der Waals surface area contributed by atoms with Gasteiger partial charge in [0.15, 0.2) is 0 Å². The molecular formula is C33H27N. The molecule has 1 nitrogen and oxygen atoms in total. The number of hydrogen-bond acceptors (Lipinski definition) is 1. The molecule has 34 heavy (non-hydrogen) atoms. The van der Waals surface area contributed by atoms with Gasteiger partial charge in [-0.2, -0.15) is 0 Å². The van der Waals surface area contributed by atoms with E-state index in [0.29, 0.717) is 0 Å². The highest BCUT2D eigenvalue weighted by Gasteiger charge is 2.35. The van der Waals surface area contributed by atoms with E-state index in [1.54, 1.807) is 0 Å². The van der Waals surface area contributed by atoms with Crippen LogP contribution in [0.15, 0.2) is 127 Å². The molecule has 1 aliphatic rings. The van der Waals surface area contributed by atoms with E-state index in [0.717, 1.165) is 11.4 Å². The van der Waals surface area contributed by atoms with Gasteiger partial charge in [0.2, 0.25) is 0 Å². The predicted octanol–water partition coefficient (Wildman–Crippen LogP) is 9.13. The minimum atomic E-state index is -0.0263. The zero-order chi connectivity index (χ0) is 23.1. The van der Waals surface area contributed by atoms with Crippen molar-refractivity contribution < 1.29 is 0 Å². The maximum atomic E-state index is 2.38. The number of anilines is 3. The van der Waals surface area contributed by atoms with Gasteiger partial charge in [0.05, 0.1) is 0 Å². The molecule has 0 fully saturated rings. The molecule has 0 unspecified atom stereocenters. The average molecular weight is 438 g/mol. The minimum absolute atomic E-state index is 0.0263. The lowest BCUT2D eigenvalue weighted by Gasteiger charge is -2.28. The second-order valence-corrected chi connectivity index (χ2v) is 9.48. The Morgan fingerprint density at radius 2 is 0.971 bits per heavy atom. The molecule has 6 rings (SSSR count). The summed E-state index contributed by atoms with van der Waals surface area (Å²) in [6.07, 6.45) is 0. The molecular weight excluding hydrogens is 410 g/mol. The molecule has 0 atom stereocenters. The monoisotopic (exact) mass is 437 g/mol. The first-order chi connectivity index (χ1) is 16.6. The molecule has 5 aromatic carbocycles. The van der Waals surface area contributed by atoms with Crippen LogP contribution in [0.5, 0.6) is 0 Å². The van der Waals surface area contributed by atoms with Gasteiger partial charge in [0, 0.05) is 22.5 Å². The van der Waals surface area contributed by atoms with E-state index < -0.39 is 0 Å². The summed E-state index contributed by atoms with van der Waals surface area (Å²) in [5.74, 6) is 0. The molecule has 0 bridgehead atoms. The summed E-state index contributed by atoms with van der Waals surface area (Å²) in [5, 5.41) is 0. The van der Waals surface area contributed by atoms with Crippen LogP contribution in [0, 0.1) is 0 Å². The smallest absolute Gasteiger partial charge is 0.0465 e. The summed E-state index contributed by atoms with van der Waals surface area (Å²) in [6.45, 7) is 4.67. The Morgan fingerprint density at radius 3 is 1.71 bits per heavy atom.